The van der Waals surface area contributed by atoms with E-state index in [0.717, 1.165) is 51.0 Å². The van der Waals surface area contributed by atoms with Crippen molar-refractivity contribution < 1.29 is 23.2 Å². The summed E-state index contributed by atoms with van der Waals surface area (Å²) in [7, 11) is 0. The Bertz CT molecular complexity index is 944. The van der Waals surface area contributed by atoms with Crippen LogP contribution in [0.25, 0.3) is 0 Å². The summed E-state index contributed by atoms with van der Waals surface area (Å²) in [5.74, 6) is -3.14. The Labute approximate surface area is 206 Å². The number of rotatable bonds is 9. The second-order valence-electron chi connectivity index (χ2n) is 10.3. The zero-order valence-corrected chi connectivity index (χ0v) is 20.6. The highest BCUT2D eigenvalue weighted by Crippen LogP contribution is 2.32. The molecule has 3 aliphatic rings. The van der Waals surface area contributed by atoms with E-state index in [-0.39, 0.29) is 42.1 Å². The molecule has 2 amide bonds. The minimum atomic E-state index is -0.938. The zero-order chi connectivity index (χ0) is 24.9. The van der Waals surface area contributed by atoms with Gasteiger partial charge in [0.25, 0.3) is 5.91 Å². The maximum atomic E-state index is 15.6. The minimum absolute atomic E-state index is 0.00313. The molecule has 4 rings (SSSR count). The Hall–Kier alpha value is -2.35. The molecule has 3 fully saturated rings. The lowest BCUT2D eigenvalue weighted by atomic mass is 9.81. The summed E-state index contributed by atoms with van der Waals surface area (Å²) in [5.41, 5.74) is -0.383. The van der Waals surface area contributed by atoms with E-state index in [1.165, 1.54) is 6.07 Å². The number of likely N-dealkylation sites (tertiary alicyclic amines) is 1. The summed E-state index contributed by atoms with van der Waals surface area (Å²) in [4.78, 5) is 40.0. The van der Waals surface area contributed by atoms with Crippen molar-refractivity contribution in [3.8, 4) is 0 Å². The van der Waals surface area contributed by atoms with Crippen LogP contribution in [0.15, 0.2) is 12.1 Å². The molecule has 1 aromatic rings. The summed E-state index contributed by atoms with van der Waals surface area (Å²) < 4.78 is 30.4. The van der Waals surface area contributed by atoms with E-state index in [9.17, 15) is 18.8 Å². The average molecular weight is 490 g/mol. The molecule has 1 unspecified atom stereocenters. The van der Waals surface area contributed by atoms with E-state index in [1.807, 2.05) is 0 Å². The number of nitrogens with one attached hydrogen (secondary N) is 2. The van der Waals surface area contributed by atoms with Crippen LogP contribution in [0, 0.1) is 17.6 Å². The van der Waals surface area contributed by atoms with E-state index in [1.54, 1.807) is 11.8 Å². The Balaban J connectivity index is 1.49. The van der Waals surface area contributed by atoms with Crippen LogP contribution in [-0.2, 0) is 9.59 Å². The zero-order valence-electron chi connectivity index (χ0n) is 20.6. The highest BCUT2D eigenvalue weighted by molar-refractivity contribution is 5.98. The highest BCUT2D eigenvalue weighted by Gasteiger charge is 2.34. The number of piperidine rings is 1. The van der Waals surface area contributed by atoms with E-state index in [4.69, 9.17) is 0 Å². The van der Waals surface area contributed by atoms with Crippen molar-refractivity contribution in [2.45, 2.75) is 89.1 Å². The second-order valence-corrected chi connectivity index (χ2v) is 10.3. The molecule has 0 bridgehead atoms. The number of carbonyl (C=O) groups excluding carboxylic acids is 3. The number of benzene rings is 1. The fourth-order valence-electron chi connectivity index (χ4n) is 5.54. The van der Waals surface area contributed by atoms with Crippen LogP contribution < -0.4 is 10.6 Å². The minimum Gasteiger partial charge on any atom is -0.342 e. The molecule has 0 radical (unpaired) electrons. The van der Waals surface area contributed by atoms with Gasteiger partial charge in [-0.3, -0.25) is 14.4 Å². The fourth-order valence-corrected chi connectivity index (χ4v) is 5.54. The first-order valence-corrected chi connectivity index (χ1v) is 13.2. The maximum Gasteiger partial charge on any atom is 0.257 e. The molecular formula is C27H37F2N3O3. The third kappa shape index (κ3) is 6.26. The third-order valence-electron chi connectivity index (χ3n) is 7.78. The van der Waals surface area contributed by atoms with E-state index in [0.29, 0.717) is 32.0 Å². The monoisotopic (exact) mass is 489 g/mol. The Morgan fingerprint density at radius 2 is 1.77 bits per heavy atom. The van der Waals surface area contributed by atoms with E-state index >= 15 is 4.39 Å². The number of nitrogens with zero attached hydrogens (tertiary/aromatic N) is 1. The van der Waals surface area contributed by atoms with Gasteiger partial charge in [0.2, 0.25) is 5.91 Å². The smallest absolute Gasteiger partial charge is 0.257 e. The Morgan fingerprint density at radius 3 is 2.46 bits per heavy atom. The molecule has 8 heteroatoms. The maximum absolute atomic E-state index is 15.6. The summed E-state index contributed by atoms with van der Waals surface area (Å²) in [6.45, 7) is 2.96. The summed E-state index contributed by atoms with van der Waals surface area (Å²) >= 11 is 0. The van der Waals surface area contributed by atoms with Crippen LogP contribution in [0.5, 0.6) is 0 Å². The molecule has 6 nitrogen and oxygen atoms in total. The summed E-state index contributed by atoms with van der Waals surface area (Å²) in [6, 6.07) is 2.21. The van der Waals surface area contributed by atoms with E-state index in [2.05, 4.69) is 10.6 Å². The van der Waals surface area contributed by atoms with Gasteiger partial charge in [0.05, 0.1) is 12.6 Å². The molecular weight excluding hydrogens is 452 g/mol. The van der Waals surface area contributed by atoms with Crippen molar-refractivity contribution in [3.63, 3.8) is 0 Å². The normalized spacial score (nSPS) is 22.0. The lowest BCUT2D eigenvalue weighted by Crippen LogP contribution is -2.47. The van der Waals surface area contributed by atoms with Gasteiger partial charge in [-0.25, -0.2) is 8.78 Å². The molecule has 2 aliphatic carbocycles. The molecule has 1 aliphatic heterocycles. The van der Waals surface area contributed by atoms with Crippen molar-refractivity contribution in [1.29, 1.82) is 0 Å². The van der Waals surface area contributed by atoms with Crippen molar-refractivity contribution in [2.24, 2.45) is 5.92 Å². The molecule has 2 N–H and O–H groups in total. The van der Waals surface area contributed by atoms with Gasteiger partial charge in [0.15, 0.2) is 5.78 Å². The van der Waals surface area contributed by atoms with Crippen LogP contribution in [0.3, 0.4) is 0 Å². The molecule has 1 saturated heterocycles. The first kappa shape index (κ1) is 25.7. The predicted octanol–water partition coefficient (Wildman–Crippen LogP) is 4.08. The van der Waals surface area contributed by atoms with Gasteiger partial charge >= 0.3 is 0 Å². The van der Waals surface area contributed by atoms with Gasteiger partial charge < -0.3 is 15.5 Å². The molecule has 0 spiro atoms. The van der Waals surface area contributed by atoms with Gasteiger partial charge in [-0.1, -0.05) is 32.3 Å². The fraction of sp³-hybridized carbons (Fsp3) is 0.667. The molecule has 1 heterocycles. The number of halogens is 2. The Morgan fingerprint density at radius 1 is 1.03 bits per heavy atom. The van der Waals surface area contributed by atoms with Crippen molar-refractivity contribution >= 4 is 17.6 Å². The quantitative estimate of drug-likeness (QED) is 0.548. The van der Waals surface area contributed by atoms with Crippen LogP contribution in [0.4, 0.5) is 8.78 Å². The molecule has 2 atom stereocenters. The number of hydrogen-bond acceptors (Lipinski definition) is 4. The number of Topliss-reactive ketones (excluding diaryl/α,β-unsaturated/α-hetero) is 1. The molecule has 192 valence electrons. The topological polar surface area (TPSA) is 78.5 Å². The second kappa shape index (κ2) is 11.6. The summed E-state index contributed by atoms with van der Waals surface area (Å²) in [6.07, 6.45) is 8.52. The van der Waals surface area contributed by atoms with Crippen molar-refractivity contribution in [1.82, 2.24) is 15.5 Å². The largest absolute Gasteiger partial charge is 0.342 e. The van der Waals surface area contributed by atoms with Gasteiger partial charge in [-0.15, -0.1) is 0 Å². The summed E-state index contributed by atoms with van der Waals surface area (Å²) in [5, 5.41) is 5.90. The van der Waals surface area contributed by atoms with Crippen molar-refractivity contribution in [3.05, 3.63) is 34.9 Å². The van der Waals surface area contributed by atoms with Crippen LogP contribution in [0.2, 0.25) is 0 Å². The molecule has 1 aromatic carbocycles. The predicted molar refractivity (Wildman–Crippen MR) is 129 cm³/mol. The van der Waals surface area contributed by atoms with E-state index < -0.39 is 29.1 Å². The van der Waals surface area contributed by atoms with Gasteiger partial charge in [0, 0.05) is 31.5 Å². The van der Waals surface area contributed by atoms with Gasteiger partial charge in [-0.2, -0.15) is 0 Å². The SMILES string of the molecule is CCC(=O)[C@H](NC(=O)c1c(F)ccc(C2CCCN(C(=O)CNC3CC3)C2)c1F)C1CCCCC1. The van der Waals surface area contributed by atoms with Crippen LogP contribution >= 0.6 is 0 Å². The molecule has 0 aromatic heterocycles. The van der Waals surface area contributed by atoms with Crippen molar-refractivity contribution in [2.75, 3.05) is 19.6 Å². The van der Waals surface area contributed by atoms with Gasteiger partial charge in [-0.05, 0) is 56.1 Å². The van der Waals surface area contributed by atoms with Gasteiger partial charge in [0.1, 0.15) is 17.2 Å². The average Bonchev–Trinajstić information content (AvgIpc) is 3.70. The van der Waals surface area contributed by atoms with Crippen LogP contribution in [-0.4, -0.2) is 54.2 Å². The third-order valence-corrected chi connectivity index (χ3v) is 7.78. The number of amides is 2. The lowest BCUT2D eigenvalue weighted by molar-refractivity contribution is -0.131. The lowest BCUT2D eigenvalue weighted by Gasteiger charge is -2.33. The van der Waals surface area contributed by atoms with Crippen LogP contribution in [0.1, 0.15) is 93.0 Å². The number of carbonyl (C=O) groups is 3. The Kier molecular flexibility index (Phi) is 8.52. The first-order valence-electron chi connectivity index (χ1n) is 13.2. The standard InChI is InChI=1S/C27H37F2N3O3/c1-2-22(33)26(17-7-4-3-5-8-17)31-27(35)24-21(28)13-12-20(25(24)29)18-9-6-14-32(16-18)23(34)15-30-19-10-11-19/h12-13,17-19,26,30H,2-11,14-16H2,1H3,(H,31,35)/t18?,26-/m1/s1. The number of ketones is 1. The number of hydrogen-bond donors (Lipinski definition) is 2. The first-order chi connectivity index (χ1) is 16.9. The molecule has 2 saturated carbocycles. The highest BCUT2D eigenvalue weighted by atomic mass is 19.1. The molecule has 35 heavy (non-hydrogen) atoms.